The van der Waals surface area contributed by atoms with Crippen LogP contribution in [0.5, 0.6) is 0 Å². The number of halogens is 1. The lowest BCUT2D eigenvalue weighted by atomic mass is 10.00. The molecule has 5 nitrogen and oxygen atoms in total. The minimum Gasteiger partial charge on any atom is -0.418 e. The van der Waals surface area contributed by atoms with Gasteiger partial charge in [0.1, 0.15) is 11.9 Å². The van der Waals surface area contributed by atoms with E-state index in [2.05, 4.69) is 10.2 Å². The molecule has 2 aromatic rings. The van der Waals surface area contributed by atoms with E-state index in [-0.39, 0.29) is 29.3 Å². The molecule has 1 saturated heterocycles. The minimum absolute atomic E-state index is 0.0791. The van der Waals surface area contributed by atoms with Crippen LogP contribution in [0.4, 0.5) is 4.39 Å². The molecule has 23 heavy (non-hydrogen) atoms. The summed E-state index contributed by atoms with van der Waals surface area (Å²) in [5, 5.41) is 8.04. The number of piperidine rings is 1. The summed E-state index contributed by atoms with van der Waals surface area (Å²) in [5.41, 5.74) is 0.281. The van der Waals surface area contributed by atoms with Crippen molar-refractivity contribution in [1.82, 2.24) is 15.1 Å². The highest BCUT2D eigenvalue weighted by Crippen LogP contribution is 2.33. The number of carbonyl (C=O) groups is 1. The number of likely N-dealkylation sites (tertiary alicyclic amines) is 1. The van der Waals surface area contributed by atoms with Crippen LogP contribution in [0.25, 0.3) is 11.5 Å². The maximum Gasteiger partial charge on any atom is 0.250 e. The molecule has 0 spiro atoms. The predicted molar refractivity (Wildman–Crippen MR) is 82.8 cm³/mol. The van der Waals surface area contributed by atoms with Crippen molar-refractivity contribution in [3.05, 3.63) is 36.0 Å². The quantitative estimate of drug-likeness (QED) is 0.868. The molecular formula is C17H20FN3O2. The summed E-state index contributed by atoms with van der Waals surface area (Å²) in [6.07, 6.45) is 2.77. The molecule has 3 rings (SSSR count). The van der Waals surface area contributed by atoms with E-state index >= 15 is 0 Å². The van der Waals surface area contributed by atoms with Crippen LogP contribution in [0.1, 0.15) is 45.0 Å². The maximum atomic E-state index is 13.8. The maximum absolute atomic E-state index is 13.8. The second-order valence-corrected chi connectivity index (χ2v) is 6.12. The van der Waals surface area contributed by atoms with Crippen LogP contribution in [0.3, 0.4) is 0 Å². The molecule has 1 atom stereocenters. The van der Waals surface area contributed by atoms with E-state index in [9.17, 15) is 9.18 Å². The van der Waals surface area contributed by atoms with E-state index in [0.29, 0.717) is 12.4 Å². The first-order chi connectivity index (χ1) is 11.1. The summed E-state index contributed by atoms with van der Waals surface area (Å²) in [6, 6.07) is 6.07. The fourth-order valence-corrected chi connectivity index (χ4v) is 2.90. The van der Waals surface area contributed by atoms with Crippen molar-refractivity contribution >= 4 is 5.91 Å². The number of rotatable bonds is 3. The topological polar surface area (TPSA) is 59.2 Å². The van der Waals surface area contributed by atoms with Crippen molar-refractivity contribution in [2.24, 2.45) is 5.92 Å². The number of nitrogens with zero attached hydrogens (tertiary/aromatic N) is 3. The summed E-state index contributed by atoms with van der Waals surface area (Å²) in [4.78, 5) is 14.2. The Kier molecular flexibility index (Phi) is 4.41. The monoisotopic (exact) mass is 317 g/mol. The average Bonchev–Trinajstić information content (AvgIpc) is 3.04. The Hall–Kier alpha value is -2.24. The lowest BCUT2D eigenvalue weighted by Gasteiger charge is -2.34. The third-order valence-electron chi connectivity index (χ3n) is 4.11. The molecule has 1 aromatic heterocycles. The molecule has 1 fully saturated rings. The summed E-state index contributed by atoms with van der Waals surface area (Å²) in [6.45, 7) is 4.46. The molecule has 1 aromatic carbocycles. The van der Waals surface area contributed by atoms with Gasteiger partial charge in [-0.15, -0.1) is 10.2 Å². The van der Waals surface area contributed by atoms with Crippen LogP contribution < -0.4 is 0 Å². The van der Waals surface area contributed by atoms with Gasteiger partial charge in [0.25, 0.3) is 5.89 Å². The van der Waals surface area contributed by atoms with Crippen molar-refractivity contribution in [3.63, 3.8) is 0 Å². The van der Waals surface area contributed by atoms with Gasteiger partial charge in [-0.2, -0.15) is 0 Å². The smallest absolute Gasteiger partial charge is 0.250 e. The molecular weight excluding hydrogens is 297 g/mol. The summed E-state index contributed by atoms with van der Waals surface area (Å²) in [7, 11) is 0. The molecule has 1 aliphatic rings. The van der Waals surface area contributed by atoms with E-state index in [1.54, 1.807) is 18.2 Å². The largest absolute Gasteiger partial charge is 0.418 e. The number of carbonyl (C=O) groups excluding carboxylic acids is 1. The highest BCUT2D eigenvalue weighted by Gasteiger charge is 2.33. The Morgan fingerprint density at radius 2 is 2.09 bits per heavy atom. The van der Waals surface area contributed by atoms with E-state index in [1.807, 2.05) is 18.7 Å². The number of hydrogen-bond donors (Lipinski definition) is 0. The molecule has 1 aliphatic heterocycles. The average molecular weight is 317 g/mol. The first-order valence-corrected chi connectivity index (χ1v) is 7.96. The first-order valence-electron chi connectivity index (χ1n) is 7.96. The molecule has 1 amide bonds. The van der Waals surface area contributed by atoms with Crippen molar-refractivity contribution in [3.8, 4) is 11.5 Å². The Bertz CT molecular complexity index is 699. The SMILES string of the molecule is CC(C)C(=O)N1CCCC[C@@H]1c1nnc(-c2ccccc2F)o1. The van der Waals surface area contributed by atoms with Crippen LogP contribution in [0, 0.1) is 11.7 Å². The normalized spacial score (nSPS) is 18.4. The number of hydrogen-bond acceptors (Lipinski definition) is 4. The van der Waals surface area contributed by atoms with E-state index in [1.165, 1.54) is 6.07 Å². The van der Waals surface area contributed by atoms with Gasteiger partial charge in [-0.05, 0) is 31.4 Å². The van der Waals surface area contributed by atoms with Crippen molar-refractivity contribution in [2.75, 3.05) is 6.54 Å². The number of benzene rings is 1. The van der Waals surface area contributed by atoms with E-state index in [0.717, 1.165) is 19.3 Å². The highest BCUT2D eigenvalue weighted by atomic mass is 19.1. The lowest BCUT2D eigenvalue weighted by Crippen LogP contribution is -2.40. The van der Waals surface area contributed by atoms with Gasteiger partial charge in [0, 0.05) is 12.5 Å². The first kappa shape index (κ1) is 15.6. The van der Waals surface area contributed by atoms with Gasteiger partial charge in [0.05, 0.1) is 5.56 Å². The second kappa shape index (κ2) is 6.48. The van der Waals surface area contributed by atoms with Crippen LogP contribution >= 0.6 is 0 Å². The predicted octanol–water partition coefficient (Wildman–Crippen LogP) is 3.59. The third-order valence-corrected chi connectivity index (χ3v) is 4.11. The van der Waals surface area contributed by atoms with Crippen LogP contribution in [-0.2, 0) is 4.79 Å². The van der Waals surface area contributed by atoms with Crippen molar-refractivity contribution < 1.29 is 13.6 Å². The van der Waals surface area contributed by atoms with E-state index < -0.39 is 5.82 Å². The van der Waals surface area contributed by atoms with Gasteiger partial charge in [-0.1, -0.05) is 26.0 Å². The van der Waals surface area contributed by atoms with Gasteiger partial charge >= 0.3 is 0 Å². The number of aromatic nitrogens is 2. The molecule has 0 unspecified atom stereocenters. The van der Waals surface area contributed by atoms with Crippen LogP contribution in [-0.4, -0.2) is 27.5 Å². The van der Waals surface area contributed by atoms with Crippen LogP contribution in [0.2, 0.25) is 0 Å². The summed E-state index contributed by atoms with van der Waals surface area (Å²) >= 11 is 0. The minimum atomic E-state index is -0.401. The molecule has 0 radical (unpaired) electrons. The van der Waals surface area contributed by atoms with Crippen molar-refractivity contribution in [2.45, 2.75) is 39.2 Å². The van der Waals surface area contributed by atoms with Gasteiger partial charge in [-0.3, -0.25) is 4.79 Å². The zero-order valence-corrected chi connectivity index (χ0v) is 13.3. The molecule has 0 aliphatic carbocycles. The third kappa shape index (κ3) is 3.11. The van der Waals surface area contributed by atoms with Gasteiger partial charge < -0.3 is 9.32 Å². The Labute approximate surface area is 134 Å². The molecule has 6 heteroatoms. The van der Waals surface area contributed by atoms with Crippen molar-refractivity contribution in [1.29, 1.82) is 0 Å². The molecule has 0 N–H and O–H groups in total. The second-order valence-electron chi connectivity index (χ2n) is 6.12. The van der Waals surface area contributed by atoms with Gasteiger partial charge in [0.2, 0.25) is 11.8 Å². The fraction of sp³-hybridized carbons (Fsp3) is 0.471. The fourth-order valence-electron chi connectivity index (χ4n) is 2.90. The Balaban J connectivity index is 1.89. The molecule has 0 saturated carbocycles. The summed E-state index contributed by atoms with van der Waals surface area (Å²) < 4.78 is 19.5. The standard InChI is InChI=1S/C17H20FN3O2/c1-11(2)17(22)21-10-6-5-9-14(21)16-20-19-15(23-16)12-7-3-4-8-13(12)18/h3-4,7-8,11,14H,5-6,9-10H2,1-2H3/t14-/m1/s1. The summed E-state index contributed by atoms with van der Waals surface area (Å²) in [5.74, 6) is 0.143. The zero-order chi connectivity index (χ0) is 16.4. The Morgan fingerprint density at radius 3 is 2.83 bits per heavy atom. The Morgan fingerprint density at radius 1 is 1.30 bits per heavy atom. The number of amides is 1. The highest BCUT2D eigenvalue weighted by molar-refractivity contribution is 5.78. The molecule has 0 bridgehead atoms. The van der Waals surface area contributed by atoms with Gasteiger partial charge in [-0.25, -0.2) is 4.39 Å². The molecule has 2 heterocycles. The zero-order valence-electron chi connectivity index (χ0n) is 13.3. The van der Waals surface area contributed by atoms with E-state index in [4.69, 9.17) is 4.42 Å². The lowest BCUT2D eigenvalue weighted by molar-refractivity contribution is -0.139. The van der Waals surface area contributed by atoms with Gasteiger partial charge in [0.15, 0.2) is 0 Å². The molecule has 122 valence electrons. The van der Waals surface area contributed by atoms with Crippen LogP contribution in [0.15, 0.2) is 28.7 Å².